The molecule has 2 amide bonds. The van der Waals surface area contributed by atoms with Crippen LogP contribution in [0.15, 0.2) is 22.7 Å². The first-order valence-corrected chi connectivity index (χ1v) is 8.14. The van der Waals surface area contributed by atoms with Crippen LogP contribution in [0.4, 0.5) is 4.79 Å². The van der Waals surface area contributed by atoms with Crippen molar-refractivity contribution in [2.24, 2.45) is 0 Å². The summed E-state index contributed by atoms with van der Waals surface area (Å²) in [6.45, 7) is 3.64. The number of nitrogens with zero attached hydrogens (tertiary/aromatic N) is 1. The molecule has 0 saturated heterocycles. The van der Waals surface area contributed by atoms with Crippen LogP contribution in [0.25, 0.3) is 0 Å². The fraction of sp³-hybridized carbons (Fsp3) is 0.500. The Kier molecular flexibility index (Phi) is 5.31. The number of hydrogen-bond acceptors (Lipinski definition) is 4. The van der Waals surface area contributed by atoms with Crippen molar-refractivity contribution >= 4 is 27.9 Å². The van der Waals surface area contributed by atoms with E-state index >= 15 is 0 Å². The number of benzene rings is 1. The normalized spacial score (nSPS) is 17.4. The average Bonchev–Trinajstić information content (AvgIpc) is 2.52. The molecule has 0 radical (unpaired) electrons. The topological polar surface area (TPSA) is 78.9 Å². The maximum absolute atomic E-state index is 12.8. The zero-order valence-corrected chi connectivity index (χ0v) is 15.0. The Balaban J connectivity index is 2.42. The fourth-order valence-electron chi connectivity index (χ4n) is 2.62. The van der Waals surface area contributed by atoms with Gasteiger partial charge in [0.25, 0.3) is 0 Å². The number of fused-ring (bicyclic) bond motifs is 1. The molecule has 6 nitrogen and oxygen atoms in total. The molecule has 0 aromatic heterocycles. The second kappa shape index (κ2) is 6.88. The van der Waals surface area contributed by atoms with Crippen LogP contribution in [0.1, 0.15) is 31.0 Å². The van der Waals surface area contributed by atoms with Crippen molar-refractivity contribution in [1.82, 2.24) is 10.2 Å². The second-order valence-corrected chi connectivity index (χ2v) is 7.11. The van der Waals surface area contributed by atoms with E-state index in [0.717, 1.165) is 15.6 Å². The molecule has 7 heteroatoms. The Labute approximate surface area is 143 Å². The lowest BCUT2D eigenvalue weighted by Gasteiger charge is -2.37. The van der Waals surface area contributed by atoms with E-state index in [2.05, 4.69) is 21.2 Å². The highest BCUT2D eigenvalue weighted by molar-refractivity contribution is 9.10. The molecular weight excluding hydrogens is 364 g/mol. The van der Waals surface area contributed by atoms with Gasteiger partial charge in [-0.1, -0.05) is 22.0 Å². The van der Waals surface area contributed by atoms with Gasteiger partial charge in [-0.3, -0.25) is 9.69 Å². The van der Waals surface area contributed by atoms with Crippen molar-refractivity contribution in [2.45, 2.75) is 31.8 Å². The Morgan fingerprint density at radius 2 is 2.17 bits per heavy atom. The van der Waals surface area contributed by atoms with Crippen molar-refractivity contribution in [3.8, 4) is 0 Å². The van der Waals surface area contributed by atoms with Gasteiger partial charge in [-0.15, -0.1) is 0 Å². The lowest BCUT2D eigenvalue weighted by molar-refractivity contribution is -0.128. The number of aliphatic hydroxyl groups is 1. The zero-order chi connectivity index (χ0) is 17.2. The van der Waals surface area contributed by atoms with Crippen LogP contribution in [0.3, 0.4) is 0 Å². The highest BCUT2D eigenvalue weighted by atomic mass is 79.9. The molecule has 0 bridgehead atoms. The van der Waals surface area contributed by atoms with Crippen molar-refractivity contribution < 1.29 is 19.4 Å². The monoisotopic (exact) mass is 384 g/mol. The minimum atomic E-state index is -0.783. The van der Waals surface area contributed by atoms with Crippen molar-refractivity contribution in [1.29, 1.82) is 0 Å². The third kappa shape index (κ3) is 3.84. The molecule has 0 spiro atoms. The highest BCUT2D eigenvalue weighted by Gasteiger charge is 2.38. The van der Waals surface area contributed by atoms with Gasteiger partial charge in [0.1, 0.15) is 6.04 Å². The van der Waals surface area contributed by atoms with E-state index in [1.165, 1.54) is 12.0 Å². The molecule has 0 fully saturated rings. The summed E-state index contributed by atoms with van der Waals surface area (Å²) >= 11 is 3.41. The molecule has 23 heavy (non-hydrogen) atoms. The van der Waals surface area contributed by atoms with E-state index in [4.69, 9.17) is 4.74 Å². The van der Waals surface area contributed by atoms with Crippen LogP contribution in [0, 0.1) is 0 Å². The standard InChI is InChI=1S/C16H21BrN2O4/c1-16(2,9-20)18-14(21)13-12-8-11(17)5-4-10(12)6-7-19(13)15(22)23-3/h4-5,8,13,20H,6-7,9H2,1-3H3,(H,18,21). The third-order valence-corrected chi connectivity index (χ3v) is 4.34. The number of carbonyl (C=O) groups excluding carboxylic acids is 2. The highest BCUT2D eigenvalue weighted by Crippen LogP contribution is 2.33. The van der Waals surface area contributed by atoms with Gasteiger partial charge < -0.3 is 15.2 Å². The average molecular weight is 385 g/mol. The quantitative estimate of drug-likeness (QED) is 0.835. The van der Waals surface area contributed by atoms with E-state index in [0.29, 0.717) is 13.0 Å². The van der Waals surface area contributed by atoms with Gasteiger partial charge in [0, 0.05) is 11.0 Å². The molecule has 1 aromatic rings. The van der Waals surface area contributed by atoms with Gasteiger partial charge in [-0.05, 0) is 43.5 Å². The molecule has 1 unspecified atom stereocenters. The summed E-state index contributed by atoms with van der Waals surface area (Å²) in [7, 11) is 1.30. The first-order valence-electron chi connectivity index (χ1n) is 7.35. The summed E-state index contributed by atoms with van der Waals surface area (Å²) in [4.78, 5) is 26.3. The van der Waals surface area contributed by atoms with Gasteiger partial charge in [0.15, 0.2) is 0 Å². The van der Waals surface area contributed by atoms with E-state index in [1.54, 1.807) is 13.8 Å². The third-order valence-electron chi connectivity index (χ3n) is 3.85. The molecule has 1 aromatic carbocycles. The van der Waals surface area contributed by atoms with Gasteiger partial charge in [-0.2, -0.15) is 0 Å². The molecule has 2 rings (SSSR count). The Bertz CT molecular complexity index is 618. The maximum Gasteiger partial charge on any atom is 0.410 e. The van der Waals surface area contributed by atoms with E-state index in [-0.39, 0.29) is 12.5 Å². The number of ether oxygens (including phenoxy) is 1. The molecule has 1 heterocycles. The fourth-order valence-corrected chi connectivity index (χ4v) is 3.00. The van der Waals surface area contributed by atoms with E-state index in [9.17, 15) is 14.7 Å². The number of rotatable bonds is 3. The number of hydrogen-bond donors (Lipinski definition) is 2. The number of carbonyl (C=O) groups is 2. The van der Waals surface area contributed by atoms with Crippen LogP contribution in [0.2, 0.25) is 0 Å². The lowest BCUT2D eigenvalue weighted by atomic mass is 9.91. The van der Waals surface area contributed by atoms with Gasteiger partial charge in [0.2, 0.25) is 5.91 Å². The van der Waals surface area contributed by atoms with Gasteiger partial charge in [-0.25, -0.2) is 4.79 Å². The minimum Gasteiger partial charge on any atom is -0.453 e. The smallest absolute Gasteiger partial charge is 0.410 e. The Hall–Kier alpha value is -1.60. The number of amides is 2. The van der Waals surface area contributed by atoms with Crippen LogP contribution >= 0.6 is 15.9 Å². The molecule has 126 valence electrons. The largest absolute Gasteiger partial charge is 0.453 e. The number of methoxy groups -OCH3 is 1. The molecule has 1 aliphatic heterocycles. The lowest BCUT2D eigenvalue weighted by Crippen LogP contribution is -2.53. The molecule has 0 aliphatic carbocycles. The number of aliphatic hydroxyl groups excluding tert-OH is 1. The van der Waals surface area contributed by atoms with Crippen molar-refractivity contribution in [3.05, 3.63) is 33.8 Å². The van der Waals surface area contributed by atoms with E-state index < -0.39 is 17.7 Å². The Morgan fingerprint density at radius 3 is 2.78 bits per heavy atom. The summed E-state index contributed by atoms with van der Waals surface area (Å²) in [5, 5.41) is 12.2. The van der Waals surface area contributed by atoms with Crippen molar-refractivity contribution in [3.63, 3.8) is 0 Å². The second-order valence-electron chi connectivity index (χ2n) is 6.19. The minimum absolute atomic E-state index is 0.199. The SMILES string of the molecule is COC(=O)N1CCc2ccc(Br)cc2C1C(=O)NC(C)(C)CO. The zero-order valence-electron chi connectivity index (χ0n) is 13.4. The predicted octanol–water partition coefficient (Wildman–Crippen LogP) is 2.00. The van der Waals surface area contributed by atoms with Crippen LogP contribution < -0.4 is 5.32 Å². The maximum atomic E-state index is 12.8. The number of nitrogens with one attached hydrogen (secondary N) is 1. The van der Waals surface area contributed by atoms with Gasteiger partial charge >= 0.3 is 6.09 Å². The predicted molar refractivity (Wildman–Crippen MR) is 89.0 cm³/mol. The molecular formula is C16H21BrN2O4. The first kappa shape index (κ1) is 17.7. The van der Waals surface area contributed by atoms with Crippen LogP contribution in [-0.4, -0.2) is 47.8 Å². The molecule has 1 atom stereocenters. The molecule has 2 N–H and O–H groups in total. The summed E-state index contributed by atoms with van der Waals surface area (Å²) in [6, 6.07) is 4.93. The summed E-state index contributed by atoms with van der Waals surface area (Å²) in [5.41, 5.74) is 1.01. The molecule has 0 saturated carbocycles. The summed E-state index contributed by atoms with van der Waals surface area (Å²) < 4.78 is 5.65. The molecule has 1 aliphatic rings. The van der Waals surface area contributed by atoms with Crippen molar-refractivity contribution in [2.75, 3.05) is 20.3 Å². The number of halogens is 1. The van der Waals surface area contributed by atoms with E-state index in [1.807, 2.05) is 18.2 Å². The first-order chi connectivity index (χ1) is 10.8. The summed E-state index contributed by atoms with van der Waals surface area (Å²) in [6.07, 6.45) is 0.114. The van der Waals surface area contributed by atoms with Gasteiger partial charge in [0.05, 0.1) is 19.3 Å². The summed E-state index contributed by atoms with van der Waals surface area (Å²) in [5.74, 6) is -0.339. The van der Waals surface area contributed by atoms with Crippen LogP contribution in [0.5, 0.6) is 0 Å². The van der Waals surface area contributed by atoms with Crippen LogP contribution in [-0.2, 0) is 16.0 Å². The Morgan fingerprint density at radius 1 is 1.48 bits per heavy atom.